The lowest BCUT2D eigenvalue weighted by Gasteiger charge is -2.55. The fourth-order valence-corrected chi connectivity index (χ4v) is 5.77. The van der Waals surface area contributed by atoms with Crippen LogP contribution in [0.5, 0.6) is 0 Å². The van der Waals surface area contributed by atoms with Crippen molar-refractivity contribution >= 4 is 16.6 Å². The molecule has 1 fully saturated rings. The minimum atomic E-state index is 0.0601. The number of rotatable bonds is 1. The highest BCUT2D eigenvalue weighted by atomic mass is 15.4. The van der Waals surface area contributed by atoms with E-state index in [4.69, 9.17) is 0 Å². The minimum Gasteiger partial charge on any atom is -0.347 e. The van der Waals surface area contributed by atoms with E-state index in [0.29, 0.717) is 12.3 Å². The molecule has 2 aromatic carbocycles. The first-order valence-electron chi connectivity index (χ1n) is 9.21. The number of para-hydroxylation sites is 2. The third-order valence-corrected chi connectivity index (χ3v) is 6.73. The fraction of sp³-hybridized carbons (Fsp3) is 0.318. The Morgan fingerprint density at radius 1 is 1.12 bits per heavy atom. The standard InChI is InChI=1S/C22H19N3/c23-13-10-16-15-5-1-4-8-20(15)25-21(16)11-14-24-19-7-3-2-6-17(19)18-9-12-22(18,24)25/h1-8,18H,9-12,14H2. The smallest absolute Gasteiger partial charge is 0.124 e. The van der Waals surface area contributed by atoms with Gasteiger partial charge in [-0.05, 0) is 36.1 Å². The van der Waals surface area contributed by atoms with Gasteiger partial charge in [0.25, 0.3) is 0 Å². The topological polar surface area (TPSA) is 32.0 Å². The highest BCUT2D eigenvalue weighted by molar-refractivity contribution is 5.87. The van der Waals surface area contributed by atoms with Crippen molar-refractivity contribution in [1.29, 1.82) is 5.26 Å². The van der Waals surface area contributed by atoms with Crippen LogP contribution in [-0.2, 0) is 18.5 Å². The third-order valence-electron chi connectivity index (χ3n) is 6.73. The van der Waals surface area contributed by atoms with E-state index in [1.165, 1.54) is 46.3 Å². The molecule has 2 atom stereocenters. The normalized spacial score (nSPS) is 25.6. The van der Waals surface area contributed by atoms with Crippen molar-refractivity contribution in [3.8, 4) is 6.07 Å². The number of nitrogens with zero attached hydrogens (tertiary/aromatic N) is 3. The molecule has 2 unspecified atom stereocenters. The second kappa shape index (κ2) is 4.46. The summed E-state index contributed by atoms with van der Waals surface area (Å²) in [5.41, 5.74) is 6.97. The van der Waals surface area contributed by atoms with Crippen LogP contribution in [0.2, 0.25) is 0 Å². The predicted octanol–water partition coefficient (Wildman–Crippen LogP) is 4.31. The van der Waals surface area contributed by atoms with Gasteiger partial charge in [0, 0.05) is 35.7 Å². The first-order valence-corrected chi connectivity index (χ1v) is 9.21. The summed E-state index contributed by atoms with van der Waals surface area (Å²) < 4.78 is 2.62. The highest BCUT2D eigenvalue weighted by Gasteiger charge is 2.60. The van der Waals surface area contributed by atoms with Gasteiger partial charge in [0.2, 0.25) is 0 Å². The van der Waals surface area contributed by atoms with Crippen LogP contribution in [0.1, 0.15) is 35.6 Å². The average molecular weight is 325 g/mol. The van der Waals surface area contributed by atoms with Gasteiger partial charge in [0.15, 0.2) is 0 Å². The van der Waals surface area contributed by atoms with Crippen LogP contribution in [0, 0.1) is 11.3 Å². The Labute approximate surface area is 147 Å². The maximum absolute atomic E-state index is 9.39. The van der Waals surface area contributed by atoms with E-state index in [0.717, 1.165) is 13.0 Å². The maximum atomic E-state index is 9.39. The zero-order valence-corrected chi connectivity index (χ0v) is 14.1. The second-order valence-corrected chi connectivity index (χ2v) is 7.54. The third kappa shape index (κ3) is 1.39. The van der Waals surface area contributed by atoms with Crippen molar-refractivity contribution in [3.63, 3.8) is 0 Å². The van der Waals surface area contributed by atoms with Crippen LogP contribution in [0.25, 0.3) is 10.9 Å². The molecule has 0 radical (unpaired) electrons. The molecule has 0 saturated heterocycles. The van der Waals surface area contributed by atoms with Crippen molar-refractivity contribution in [3.05, 3.63) is 65.4 Å². The lowest BCUT2D eigenvalue weighted by atomic mass is 9.70. The molecule has 1 spiro atoms. The molecule has 3 aromatic rings. The number of hydrogen-bond donors (Lipinski definition) is 0. The van der Waals surface area contributed by atoms with Gasteiger partial charge in [-0.2, -0.15) is 5.26 Å². The number of hydrogen-bond acceptors (Lipinski definition) is 2. The summed E-state index contributed by atoms with van der Waals surface area (Å²) in [5.74, 6) is 0.577. The van der Waals surface area contributed by atoms with Crippen molar-refractivity contribution < 1.29 is 0 Å². The molecule has 1 saturated carbocycles. The lowest BCUT2D eigenvalue weighted by Crippen LogP contribution is -2.60. The zero-order chi connectivity index (χ0) is 16.6. The Bertz CT molecular complexity index is 1070. The molecule has 3 nitrogen and oxygen atoms in total. The van der Waals surface area contributed by atoms with Gasteiger partial charge in [0.05, 0.1) is 18.0 Å². The van der Waals surface area contributed by atoms with Crippen LogP contribution in [0.3, 0.4) is 0 Å². The molecule has 2 aliphatic heterocycles. The Hall–Kier alpha value is -2.73. The van der Waals surface area contributed by atoms with E-state index in [-0.39, 0.29) is 5.66 Å². The Balaban J connectivity index is 1.69. The number of anilines is 1. The van der Waals surface area contributed by atoms with Gasteiger partial charge in [0.1, 0.15) is 5.66 Å². The summed E-state index contributed by atoms with van der Waals surface area (Å²) in [6.07, 6.45) is 3.99. The van der Waals surface area contributed by atoms with Gasteiger partial charge in [-0.1, -0.05) is 36.4 Å². The summed E-state index contributed by atoms with van der Waals surface area (Å²) >= 11 is 0. The first kappa shape index (κ1) is 13.5. The van der Waals surface area contributed by atoms with Crippen molar-refractivity contribution in [1.82, 2.24) is 4.57 Å². The van der Waals surface area contributed by atoms with Gasteiger partial charge in [-0.25, -0.2) is 0 Å². The number of nitriles is 1. The maximum Gasteiger partial charge on any atom is 0.124 e. The SMILES string of the molecule is N#CCc1c2n(c3ccccc13)C13CCC1c1ccccc1N3CC2. The molecule has 1 aliphatic carbocycles. The Kier molecular flexibility index (Phi) is 2.42. The molecule has 3 heteroatoms. The second-order valence-electron chi connectivity index (χ2n) is 7.54. The van der Waals surface area contributed by atoms with E-state index >= 15 is 0 Å². The van der Waals surface area contributed by atoms with Crippen LogP contribution < -0.4 is 4.90 Å². The number of fused-ring (bicyclic) bond motifs is 6. The van der Waals surface area contributed by atoms with E-state index in [1.54, 1.807) is 0 Å². The van der Waals surface area contributed by atoms with Crippen molar-refractivity contribution in [2.24, 2.45) is 0 Å². The first-order chi connectivity index (χ1) is 12.4. The van der Waals surface area contributed by atoms with E-state index in [1.807, 2.05) is 0 Å². The average Bonchev–Trinajstić information content (AvgIpc) is 3.04. The fourth-order valence-electron chi connectivity index (χ4n) is 5.77. The van der Waals surface area contributed by atoms with Crippen LogP contribution in [-0.4, -0.2) is 11.1 Å². The zero-order valence-electron chi connectivity index (χ0n) is 14.1. The van der Waals surface area contributed by atoms with Crippen LogP contribution in [0.15, 0.2) is 48.5 Å². The van der Waals surface area contributed by atoms with Gasteiger partial charge >= 0.3 is 0 Å². The number of aromatic nitrogens is 1. The molecule has 6 rings (SSSR count). The van der Waals surface area contributed by atoms with Crippen molar-refractivity contribution in [2.45, 2.75) is 37.3 Å². The summed E-state index contributed by atoms with van der Waals surface area (Å²) in [6, 6.07) is 20.1. The summed E-state index contributed by atoms with van der Waals surface area (Å²) in [7, 11) is 0. The number of benzene rings is 2. The largest absolute Gasteiger partial charge is 0.347 e. The molecule has 0 bridgehead atoms. The Morgan fingerprint density at radius 3 is 2.80 bits per heavy atom. The van der Waals surface area contributed by atoms with E-state index in [9.17, 15) is 5.26 Å². The van der Waals surface area contributed by atoms with Gasteiger partial charge in [-0.15, -0.1) is 0 Å². The molecule has 3 aliphatic rings. The van der Waals surface area contributed by atoms with Crippen LogP contribution in [0.4, 0.5) is 5.69 Å². The molecule has 0 amide bonds. The molecular formula is C22H19N3. The summed E-state index contributed by atoms with van der Waals surface area (Å²) in [6.45, 7) is 1.06. The van der Waals surface area contributed by atoms with E-state index in [2.05, 4.69) is 64.1 Å². The molecule has 25 heavy (non-hydrogen) atoms. The molecule has 1 aromatic heterocycles. The monoisotopic (exact) mass is 325 g/mol. The molecular weight excluding hydrogens is 306 g/mol. The lowest BCUT2D eigenvalue weighted by molar-refractivity contribution is 0.103. The minimum absolute atomic E-state index is 0.0601. The van der Waals surface area contributed by atoms with E-state index < -0.39 is 0 Å². The van der Waals surface area contributed by atoms with Gasteiger partial charge < -0.3 is 9.47 Å². The van der Waals surface area contributed by atoms with Gasteiger partial charge in [-0.3, -0.25) is 0 Å². The van der Waals surface area contributed by atoms with Crippen LogP contribution >= 0.6 is 0 Å². The highest BCUT2D eigenvalue weighted by Crippen LogP contribution is 2.64. The summed E-state index contributed by atoms with van der Waals surface area (Å²) in [5, 5.41) is 10.7. The molecule has 3 heterocycles. The molecule has 122 valence electrons. The summed E-state index contributed by atoms with van der Waals surface area (Å²) in [4.78, 5) is 2.66. The quantitative estimate of drug-likeness (QED) is 0.667. The van der Waals surface area contributed by atoms with Crippen molar-refractivity contribution in [2.75, 3.05) is 11.4 Å². The molecule has 0 N–H and O–H groups in total. The predicted molar refractivity (Wildman–Crippen MR) is 98.7 cm³/mol. The Morgan fingerprint density at radius 2 is 1.96 bits per heavy atom.